The molecule has 1 aromatic rings. The zero-order valence-corrected chi connectivity index (χ0v) is 13.3. The molecule has 0 amide bonds. The lowest BCUT2D eigenvalue weighted by Gasteiger charge is -2.35. The molecular formula is C12H15BrF2N2O2S. The molecule has 1 fully saturated rings. The Hall–Kier alpha value is -0.730. The van der Waals surface area contributed by atoms with Crippen molar-refractivity contribution in [3.8, 4) is 0 Å². The molecule has 2 rings (SSSR count). The number of alkyl halides is 1. The fourth-order valence-electron chi connectivity index (χ4n) is 2.24. The third-order valence-electron chi connectivity index (χ3n) is 3.25. The van der Waals surface area contributed by atoms with Crippen LogP contribution < -0.4 is 4.90 Å². The van der Waals surface area contributed by atoms with Gasteiger partial charge in [0.15, 0.2) is 0 Å². The first-order valence-electron chi connectivity index (χ1n) is 6.07. The summed E-state index contributed by atoms with van der Waals surface area (Å²) >= 11 is 3.16. The molecule has 0 spiro atoms. The zero-order valence-electron chi connectivity index (χ0n) is 10.9. The molecule has 1 aromatic carbocycles. The minimum absolute atomic E-state index is 0.0807. The van der Waals surface area contributed by atoms with Gasteiger partial charge in [-0.1, -0.05) is 15.9 Å². The second-order valence-electron chi connectivity index (χ2n) is 4.69. The Balaban J connectivity index is 2.19. The van der Waals surface area contributed by atoms with Crippen LogP contribution in [0.4, 0.5) is 14.5 Å². The second-order valence-corrected chi connectivity index (χ2v) is 7.23. The Labute approximate surface area is 125 Å². The van der Waals surface area contributed by atoms with E-state index >= 15 is 0 Å². The summed E-state index contributed by atoms with van der Waals surface area (Å²) in [5.41, 5.74) is 0.446. The first-order chi connectivity index (χ1) is 9.32. The molecule has 0 aromatic heterocycles. The van der Waals surface area contributed by atoms with E-state index in [2.05, 4.69) is 15.9 Å². The SMILES string of the molecule is CS(=O)(=O)N1CCN(c2c(F)cc(CBr)cc2F)CC1. The highest BCUT2D eigenvalue weighted by atomic mass is 79.9. The number of anilines is 1. The van der Waals surface area contributed by atoms with Crippen molar-refractivity contribution < 1.29 is 17.2 Å². The standard InChI is InChI=1S/C12H15BrF2N2O2S/c1-20(18,19)17-4-2-16(3-5-17)12-10(14)6-9(8-13)7-11(12)15/h6-7H,2-5,8H2,1H3. The van der Waals surface area contributed by atoms with E-state index in [0.717, 1.165) is 6.26 Å². The molecule has 8 heteroatoms. The maximum Gasteiger partial charge on any atom is 0.211 e. The van der Waals surface area contributed by atoms with E-state index < -0.39 is 21.7 Å². The molecule has 0 bridgehead atoms. The summed E-state index contributed by atoms with van der Waals surface area (Å²) in [5.74, 6) is -1.24. The zero-order chi connectivity index (χ0) is 14.9. The van der Waals surface area contributed by atoms with Crippen molar-refractivity contribution in [2.45, 2.75) is 5.33 Å². The Morgan fingerprint density at radius 1 is 1.15 bits per heavy atom. The van der Waals surface area contributed by atoms with Crippen LogP contribution in [0.1, 0.15) is 5.56 Å². The summed E-state index contributed by atoms with van der Waals surface area (Å²) in [6.45, 7) is 1.01. The van der Waals surface area contributed by atoms with Gasteiger partial charge in [0.25, 0.3) is 0 Å². The Morgan fingerprint density at radius 2 is 1.65 bits per heavy atom. The number of hydrogen-bond donors (Lipinski definition) is 0. The number of rotatable bonds is 3. The summed E-state index contributed by atoms with van der Waals surface area (Å²) in [5, 5.41) is 0.378. The molecule has 4 nitrogen and oxygen atoms in total. The first-order valence-corrected chi connectivity index (χ1v) is 9.04. The van der Waals surface area contributed by atoms with Crippen molar-refractivity contribution in [2.75, 3.05) is 37.3 Å². The van der Waals surface area contributed by atoms with E-state index in [1.807, 2.05) is 0 Å². The third kappa shape index (κ3) is 3.29. The molecule has 1 aliphatic heterocycles. The summed E-state index contributed by atoms with van der Waals surface area (Å²) in [6, 6.07) is 2.58. The number of halogens is 3. The largest absolute Gasteiger partial charge is 0.364 e. The van der Waals surface area contributed by atoms with E-state index in [9.17, 15) is 17.2 Å². The van der Waals surface area contributed by atoms with E-state index in [1.165, 1.54) is 16.4 Å². The van der Waals surface area contributed by atoms with Gasteiger partial charge in [0.1, 0.15) is 17.3 Å². The highest BCUT2D eigenvalue weighted by Crippen LogP contribution is 2.27. The fourth-order valence-corrected chi connectivity index (χ4v) is 3.39. The van der Waals surface area contributed by atoms with Gasteiger partial charge in [-0.15, -0.1) is 0 Å². The highest BCUT2D eigenvalue weighted by molar-refractivity contribution is 9.08. The molecule has 0 radical (unpaired) electrons. The Morgan fingerprint density at radius 3 is 2.05 bits per heavy atom. The lowest BCUT2D eigenvalue weighted by Crippen LogP contribution is -2.48. The first kappa shape index (κ1) is 15.7. The van der Waals surface area contributed by atoms with Crippen LogP contribution in [0.15, 0.2) is 12.1 Å². The molecule has 0 unspecified atom stereocenters. The van der Waals surface area contributed by atoms with Crippen molar-refractivity contribution >= 4 is 31.6 Å². The predicted octanol–water partition coefficient (Wildman–Crippen LogP) is 1.94. The van der Waals surface area contributed by atoms with Gasteiger partial charge in [-0.2, -0.15) is 4.31 Å². The van der Waals surface area contributed by atoms with Gasteiger partial charge < -0.3 is 4.90 Å². The molecule has 0 aliphatic carbocycles. The summed E-state index contributed by atoms with van der Waals surface area (Å²) in [6.07, 6.45) is 1.13. The molecule has 0 atom stereocenters. The van der Waals surface area contributed by atoms with Crippen molar-refractivity contribution in [3.05, 3.63) is 29.3 Å². The van der Waals surface area contributed by atoms with Gasteiger partial charge in [-0.3, -0.25) is 0 Å². The van der Waals surface area contributed by atoms with Gasteiger partial charge in [0.05, 0.1) is 6.26 Å². The summed E-state index contributed by atoms with van der Waals surface area (Å²) < 4.78 is 52.1. The maximum atomic E-state index is 14.0. The van der Waals surface area contributed by atoms with Crippen LogP contribution in [-0.2, 0) is 15.4 Å². The van der Waals surface area contributed by atoms with Crippen LogP contribution in [0, 0.1) is 11.6 Å². The van der Waals surface area contributed by atoms with E-state index in [0.29, 0.717) is 10.9 Å². The molecule has 0 N–H and O–H groups in total. The molecular weight excluding hydrogens is 354 g/mol. The normalized spacial score (nSPS) is 17.5. The number of benzene rings is 1. The minimum Gasteiger partial charge on any atom is -0.364 e. The number of sulfonamides is 1. The Bertz CT molecular complexity index is 578. The highest BCUT2D eigenvalue weighted by Gasteiger charge is 2.26. The van der Waals surface area contributed by atoms with Crippen molar-refractivity contribution in [3.63, 3.8) is 0 Å². The van der Waals surface area contributed by atoms with Crippen molar-refractivity contribution in [1.29, 1.82) is 0 Å². The lowest BCUT2D eigenvalue weighted by molar-refractivity contribution is 0.384. The van der Waals surface area contributed by atoms with Gasteiger partial charge >= 0.3 is 0 Å². The third-order valence-corrected chi connectivity index (χ3v) is 5.21. The van der Waals surface area contributed by atoms with Gasteiger partial charge in [-0.05, 0) is 17.7 Å². The molecule has 0 saturated carbocycles. The van der Waals surface area contributed by atoms with E-state index in [-0.39, 0.29) is 31.9 Å². The van der Waals surface area contributed by atoms with Crippen LogP contribution in [0.25, 0.3) is 0 Å². The van der Waals surface area contributed by atoms with E-state index in [1.54, 1.807) is 4.90 Å². The van der Waals surface area contributed by atoms with Crippen LogP contribution in [-0.4, -0.2) is 45.2 Å². The average molecular weight is 369 g/mol. The number of piperazine rings is 1. The topological polar surface area (TPSA) is 40.6 Å². The maximum absolute atomic E-state index is 14.0. The molecule has 1 heterocycles. The van der Waals surface area contributed by atoms with Gasteiger partial charge in [-0.25, -0.2) is 17.2 Å². The van der Waals surface area contributed by atoms with Crippen LogP contribution in [0.2, 0.25) is 0 Å². The molecule has 1 saturated heterocycles. The van der Waals surface area contributed by atoms with E-state index in [4.69, 9.17) is 0 Å². The molecule has 112 valence electrons. The predicted molar refractivity (Wildman–Crippen MR) is 77.6 cm³/mol. The molecule has 20 heavy (non-hydrogen) atoms. The monoisotopic (exact) mass is 368 g/mol. The molecule has 1 aliphatic rings. The smallest absolute Gasteiger partial charge is 0.211 e. The average Bonchev–Trinajstić information content (AvgIpc) is 2.37. The lowest BCUT2D eigenvalue weighted by atomic mass is 10.2. The fraction of sp³-hybridized carbons (Fsp3) is 0.500. The van der Waals surface area contributed by atoms with Gasteiger partial charge in [0, 0.05) is 31.5 Å². The Kier molecular flexibility index (Phi) is 4.66. The van der Waals surface area contributed by atoms with Gasteiger partial charge in [0.2, 0.25) is 10.0 Å². The quantitative estimate of drug-likeness (QED) is 0.765. The van der Waals surface area contributed by atoms with Crippen LogP contribution in [0.5, 0.6) is 0 Å². The number of nitrogens with zero attached hydrogens (tertiary/aromatic N) is 2. The number of hydrogen-bond acceptors (Lipinski definition) is 3. The van der Waals surface area contributed by atoms with Crippen molar-refractivity contribution in [2.24, 2.45) is 0 Å². The minimum atomic E-state index is -3.25. The second kappa shape index (κ2) is 5.95. The van der Waals surface area contributed by atoms with Crippen LogP contribution >= 0.6 is 15.9 Å². The summed E-state index contributed by atoms with van der Waals surface area (Å²) in [7, 11) is -3.25. The summed E-state index contributed by atoms with van der Waals surface area (Å²) in [4.78, 5) is 1.55. The van der Waals surface area contributed by atoms with Crippen molar-refractivity contribution in [1.82, 2.24) is 4.31 Å². The van der Waals surface area contributed by atoms with Crippen LogP contribution in [0.3, 0.4) is 0 Å².